The molecule has 7 heteroatoms. The number of rotatable bonds is 3. The summed E-state index contributed by atoms with van der Waals surface area (Å²) in [5, 5.41) is 1.63. The molecule has 0 radical (unpaired) electrons. The van der Waals surface area contributed by atoms with E-state index in [1.54, 1.807) is 10.9 Å². The number of amides is 1. The minimum atomic E-state index is -3.04. The summed E-state index contributed by atoms with van der Waals surface area (Å²) in [5.74, 6) is 2.21. The quantitative estimate of drug-likeness (QED) is 0.754. The van der Waals surface area contributed by atoms with Gasteiger partial charge in [-0.05, 0) is 6.42 Å². The van der Waals surface area contributed by atoms with E-state index < -0.39 is 9.84 Å². The van der Waals surface area contributed by atoms with Gasteiger partial charge in [0.15, 0.2) is 9.84 Å². The highest BCUT2D eigenvalue weighted by Gasteiger charge is 2.35. The van der Waals surface area contributed by atoms with Gasteiger partial charge < -0.3 is 4.90 Å². The summed E-state index contributed by atoms with van der Waals surface area (Å²) in [6, 6.07) is -0.333. The standard InChI is InChI=1S/C11H12N2O3S2/c1-2-4-13(9-3-5-18(15,16)7-9)11(14)10-6-17-8-12-10/h1,6,8-9H,3-5,7H2. The predicted octanol–water partition coefficient (Wildman–Crippen LogP) is 0.406. The van der Waals surface area contributed by atoms with Crippen LogP contribution in [0.3, 0.4) is 0 Å². The first-order valence-corrected chi connectivity index (χ1v) is 8.13. The van der Waals surface area contributed by atoms with Crippen molar-refractivity contribution >= 4 is 27.1 Å². The molecule has 0 saturated carbocycles. The molecule has 0 N–H and O–H groups in total. The molecule has 1 aromatic heterocycles. The molecule has 1 atom stereocenters. The summed E-state index contributed by atoms with van der Waals surface area (Å²) in [6.45, 7) is 0.108. The van der Waals surface area contributed by atoms with Crippen LogP contribution >= 0.6 is 11.3 Å². The van der Waals surface area contributed by atoms with Crippen molar-refractivity contribution in [3.63, 3.8) is 0 Å². The van der Waals surface area contributed by atoms with Crippen molar-refractivity contribution in [2.45, 2.75) is 12.5 Å². The minimum absolute atomic E-state index is 0.00937. The van der Waals surface area contributed by atoms with Crippen LogP contribution in [0.5, 0.6) is 0 Å². The third-order valence-corrected chi connectivity index (χ3v) is 5.16. The van der Waals surface area contributed by atoms with E-state index in [2.05, 4.69) is 10.9 Å². The molecular formula is C11H12N2O3S2. The molecule has 1 aromatic rings. The van der Waals surface area contributed by atoms with Gasteiger partial charge in [-0.1, -0.05) is 5.92 Å². The highest BCUT2D eigenvalue weighted by Crippen LogP contribution is 2.19. The summed E-state index contributed by atoms with van der Waals surface area (Å²) < 4.78 is 22.9. The largest absolute Gasteiger partial charge is 0.322 e. The number of nitrogens with zero attached hydrogens (tertiary/aromatic N) is 2. The third-order valence-electron chi connectivity index (χ3n) is 2.82. The van der Waals surface area contributed by atoms with Gasteiger partial charge in [0.05, 0.1) is 23.6 Å². The Kier molecular flexibility index (Phi) is 3.68. The summed E-state index contributed by atoms with van der Waals surface area (Å²) in [5.41, 5.74) is 1.88. The Morgan fingerprint density at radius 2 is 2.44 bits per heavy atom. The molecular weight excluding hydrogens is 272 g/mol. The van der Waals surface area contributed by atoms with E-state index in [1.807, 2.05) is 0 Å². The van der Waals surface area contributed by atoms with E-state index in [0.29, 0.717) is 12.1 Å². The zero-order valence-electron chi connectivity index (χ0n) is 9.57. The second-order valence-electron chi connectivity index (χ2n) is 4.07. The molecule has 1 fully saturated rings. The van der Waals surface area contributed by atoms with Gasteiger partial charge in [-0.2, -0.15) is 0 Å². The number of carbonyl (C=O) groups excluding carboxylic acids is 1. The summed E-state index contributed by atoms with van der Waals surface area (Å²) >= 11 is 1.32. The number of hydrogen-bond donors (Lipinski definition) is 0. The second-order valence-corrected chi connectivity index (χ2v) is 7.02. The average molecular weight is 284 g/mol. The van der Waals surface area contributed by atoms with Gasteiger partial charge >= 0.3 is 0 Å². The Morgan fingerprint density at radius 3 is 2.94 bits per heavy atom. The van der Waals surface area contributed by atoms with Gasteiger partial charge in [-0.15, -0.1) is 17.8 Å². The molecule has 2 rings (SSSR count). The van der Waals surface area contributed by atoms with Crippen molar-refractivity contribution in [1.29, 1.82) is 0 Å². The predicted molar refractivity (Wildman–Crippen MR) is 69.0 cm³/mol. The third kappa shape index (κ3) is 2.71. The maximum absolute atomic E-state index is 12.2. The fourth-order valence-corrected chi connectivity index (χ4v) is 4.21. The normalized spacial score (nSPS) is 21.4. The highest BCUT2D eigenvalue weighted by molar-refractivity contribution is 7.91. The van der Waals surface area contributed by atoms with Crippen molar-refractivity contribution in [3.05, 3.63) is 16.6 Å². The Hall–Kier alpha value is -1.39. The lowest BCUT2D eigenvalue weighted by atomic mass is 10.2. The van der Waals surface area contributed by atoms with Gasteiger partial charge in [0, 0.05) is 11.4 Å². The molecule has 0 spiro atoms. The molecule has 18 heavy (non-hydrogen) atoms. The van der Waals surface area contributed by atoms with Crippen molar-refractivity contribution < 1.29 is 13.2 Å². The first kappa shape index (κ1) is 13.1. The molecule has 2 heterocycles. The van der Waals surface area contributed by atoms with Crippen molar-refractivity contribution in [2.24, 2.45) is 0 Å². The number of thiazole rings is 1. The van der Waals surface area contributed by atoms with Crippen LogP contribution in [0.15, 0.2) is 10.9 Å². The highest BCUT2D eigenvalue weighted by atomic mass is 32.2. The first-order valence-electron chi connectivity index (χ1n) is 5.36. The van der Waals surface area contributed by atoms with E-state index in [0.717, 1.165) is 0 Å². The monoisotopic (exact) mass is 284 g/mol. The molecule has 0 bridgehead atoms. The Bertz CT molecular complexity index is 572. The van der Waals surface area contributed by atoms with Crippen LogP contribution in [0.4, 0.5) is 0 Å². The van der Waals surface area contributed by atoms with Gasteiger partial charge in [0.25, 0.3) is 5.91 Å². The lowest BCUT2D eigenvalue weighted by molar-refractivity contribution is 0.0719. The lowest BCUT2D eigenvalue weighted by Crippen LogP contribution is -2.41. The fraction of sp³-hybridized carbons (Fsp3) is 0.455. The number of sulfone groups is 1. The number of carbonyl (C=O) groups is 1. The molecule has 0 aliphatic carbocycles. The van der Waals surface area contributed by atoms with Crippen LogP contribution in [0.25, 0.3) is 0 Å². The van der Waals surface area contributed by atoms with Crippen molar-refractivity contribution in [3.8, 4) is 12.3 Å². The molecule has 96 valence electrons. The number of hydrogen-bond acceptors (Lipinski definition) is 5. The maximum atomic E-state index is 12.2. The molecule has 1 unspecified atom stereocenters. The summed E-state index contributed by atoms with van der Waals surface area (Å²) in [4.78, 5) is 17.5. The summed E-state index contributed by atoms with van der Waals surface area (Å²) in [7, 11) is -3.04. The molecule has 1 aliphatic heterocycles. The van der Waals surface area contributed by atoms with E-state index in [4.69, 9.17) is 6.42 Å². The topological polar surface area (TPSA) is 67.3 Å². The van der Waals surface area contributed by atoms with E-state index in [1.165, 1.54) is 16.2 Å². The maximum Gasteiger partial charge on any atom is 0.274 e. The second kappa shape index (κ2) is 5.08. The average Bonchev–Trinajstić information content (AvgIpc) is 2.94. The number of aromatic nitrogens is 1. The van der Waals surface area contributed by atoms with Crippen LogP contribution < -0.4 is 0 Å². The van der Waals surface area contributed by atoms with Crippen LogP contribution in [-0.4, -0.2) is 48.3 Å². The van der Waals surface area contributed by atoms with E-state index >= 15 is 0 Å². The van der Waals surface area contributed by atoms with E-state index in [9.17, 15) is 13.2 Å². The Balaban J connectivity index is 2.19. The van der Waals surface area contributed by atoms with Crippen molar-refractivity contribution in [1.82, 2.24) is 9.88 Å². The van der Waals surface area contributed by atoms with Crippen LogP contribution in [0.1, 0.15) is 16.9 Å². The zero-order valence-corrected chi connectivity index (χ0v) is 11.2. The minimum Gasteiger partial charge on any atom is -0.322 e. The van der Waals surface area contributed by atoms with Crippen LogP contribution in [-0.2, 0) is 9.84 Å². The van der Waals surface area contributed by atoms with Crippen LogP contribution in [0, 0.1) is 12.3 Å². The lowest BCUT2D eigenvalue weighted by Gasteiger charge is -2.25. The molecule has 5 nitrogen and oxygen atoms in total. The van der Waals surface area contributed by atoms with Crippen LogP contribution in [0.2, 0.25) is 0 Å². The van der Waals surface area contributed by atoms with Gasteiger partial charge in [-0.25, -0.2) is 13.4 Å². The van der Waals surface area contributed by atoms with Gasteiger partial charge in [0.2, 0.25) is 0 Å². The Morgan fingerprint density at radius 1 is 1.67 bits per heavy atom. The molecule has 1 aliphatic rings. The summed E-state index contributed by atoms with van der Waals surface area (Å²) in [6.07, 6.45) is 5.69. The fourth-order valence-electron chi connectivity index (χ4n) is 1.95. The molecule has 1 amide bonds. The van der Waals surface area contributed by atoms with Gasteiger partial charge in [0.1, 0.15) is 5.69 Å². The Labute approximate surface area is 110 Å². The first-order chi connectivity index (χ1) is 8.53. The SMILES string of the molecule is C#CCN(C(=O)c1cscn1)C1CCS(=O)(=O)C1. The molecule has 0 aromatic carbocycles. The number of terminal acetylenes is 1. The smallest absolute Gasteiger partial charge is 0.274 e. The molecule has 1 saturated heterocycles. The zero-order chi connectivity index (χ0) is 13.2. The van der Waals surface area contributed by atoms with Gasteiger partial charge in [-0.3, -0.25) is 4.79 Å². The van der Waals surface area contributed by atoms with Crippen molar-refractivity contribution in [2.75, 3.05) is 18.1 Å². The van der Waals surface area contributed by atoms with E-state index in [-0.39, 0.29) is 30.0 Å².